The van der Waals surface area contributed by atoms with Crippen LogP contribution in [0.2, 0.25) is 0 Å². The van der Waals surface area contributed by atoms with Crippen molar-refractivity contribution in [2.75, 3.05) is 0 Å². The molecule has 380 valence electrons. The van der Waals surface area contributed by atoms with Crippen molar-refractivity contribution < 1.29 is 64.1 Å². The van der Waals surface area contributed by atoms with E-state index in [2.05, 4.69) is 27.7 Å². The molecule has 0 unspecified atom stereocenters. The van der Waals surface area contributed by atoms with Gasteiger partial charge in [-0.1, -0.05) is 143 Å². The Morgan fingerprint density at radius 3 is 0.899 bits per heavy atom. The molecule has 0 atom stereocenters. The monoisotopic (exact) mass is 1030 g/mol. The minimum Gasteiger partial charge on any atom is -0.744 e. The predicted octanol–water partition coefficient (Wildman–Crippen LogP) is 12.9. The van der Waals surface area contributed by atoms with Crippen molar-refractivity contribution in [1.82, 2.24) is 0 Å². The van der Waals surface area contributed by atoms with Crippen molar-refractivity contribution in [3.8, 4) is 0 Å². The maximum atomic E-state index is 12.6. The van der Waals surface area contributed by atoms with Gasteiger partial charge in [0.05, 0.1) is 57.1 Å². The van der Waals surface area contributed by atoms with Gasteiger partial charge in [-0.2, -0.15) is 0 Å². The summed E-state index contributed by atoms with van der Waals surface area (Å²) < 4.78 is 90.3. The summed E-state index contributed by atoms with van der Waals surface area (Å²) in [6.45, 7) is 8.55. The number of hydrogen-bond acceptors (Lipinski definition) is 14. The summed E-state index contributed by atoms with van der Waals surface area (Å²) in [5, 5.41) is 0. The van der Waals surface area contributed by atoms with Crippen LogP contribution in [0.5, 0.6) is 0 Å². The minimum absolute atomic E-state index is 0. The van der Waals surface area contributed by atoms with Crippen LogP contribution in [-0.2, 0) is 39.2 Å². The average molecular weight is 1030 g/mol. The molecule has 2 aromatic carbocycles. The molecule has 14 nitrogen and oxygen atoms in total. The normalized spacial score (nSPS) is 11.7. The molecule has 17 heteroatoms. The minimum atomic E-state index is -5.02. The first kappa shape index (κ1) is 65.4. The van der Waals surface area contributed by atoms with E-state index < -0.39 is 65.0 Å². The molecule has 0 saturated carbocycles. The van der Waals surface area contributed by atoms with E-state index in [4.69, 9.17) is 18.9 Å². The molecule has 2 rings (SSSR count). The molecule has 0 aliphatic rings. The predicted molar refractivity (Wildman–Crippen MR) is 266 cm³/mol. The van der Waals surface area contributed by atoms with Crippen LogP contribution in [-0.4, -0.2) is 87.6 Å². The number of carbonyl (C=O) groups is 4. The van der Waals surface area contributed by atoms with Gasteiger partial charge in [0.25, 0.3) is 0 Å². The zero-order valence-corrected chi connectivity index (χ0v) is 45.1. The molecule has 0 fully saturated rings. The number of esters is 4. The third-order valence-electron chi connectivity index (χ3n) is 10.4. The smallest absolute Gasteiger partial charge is 0.744 e. The number of carbonyl (C=O) groups excluding carboxylic acids is 4. The Morgan fingerprint density at radius 1 is 0.406 bits per heavy atom. The maximum Gasteiger partial charge on any atom is 2.00 e. The summed E-state index contributed by atoms with van der Waals surface area (Å²) in [5.41, 5.74) is -1.93. The third kappa shape index (κ3) is 29.3. The van der Waals surface area contributed by atoms with Crippen molar-refractivity contribution in [2.24, 2.45) is 0 Å². The largest absolute Gasteiger partial charge is 2.00 e. The van der Waals surface area contributed by atoms with E-state index in [9.17, 15) is 45.1 Å². The van der Waals surface area contributed by atoms with Crippen molar-refractivity contribution in [1.29, 1.82) is 0 Å². The molecule has 0 heterocycles. The molecule has 0 saturated heterocycles. The molecule has 69 heavy (non-hydrogen) atoms. The van der Waals surface area contributed by atoms with Gasteiger partial charge in [-0.05, 0) is 99.9 Å². The quantitative estimate of drug-likeness (QED) is 0.0159. The van der Waals surface area contributed by atoms with Gasteiger partial charge >= 0.3 is 61.6 Å². The van der Waals surface area contributed by atoms with Crippen LogP contribution < -0.4 is 0 Å². The molecular weight excluding hydrogens is 953 g/mol. The Hall–Kier alpha value is -3.64. The summed E-state index contributed by atoms with van der Waals surface area (Å²) in [4.78, 5) is 48.6. The van der Waals surface area contributed by atoms with Crippen molar-refractivity contribution in [3.63, 3.8) is 0 Å². The molecule has 0 bridgehead atoms. The van der Waals surface area contributed by atoms with E-state index in [0.29, 0.717) is 12.8 Å². The molecule has 0 spiro atoms. The number of rotatable bonds is 34. The van der Waals surface area contributed by atoms with Crippen LogP contribution in [0.15, 0.2) is 95.5 Å². The Balaban J connectivity index is 0.00000132. The number of unbranched alkanes of at least 4 members (excludes halogenated alkanes) is 20. The van der Waals surface area contributed by atoms with Crippen LogP contribution >= 0.6 is 0 Å². The van der Waals surface area contributed by atoms with Gasteiger partial charge in [0, 0.05) is 0 Å². The number of benzene rings is 2. The van der Waals surface area contributed by atoms with Crippen molar-refractivity contribution >= 4 is 81.9 Å². The van der Waals surface area contributed by atoms with Gasteiger partial charge in [-0.3, -0.25) is 0 Å². The molecule has 0 amide bonds. The fraction of sp³-hybridized carbons (Fsp3) is 0.538. The van der Waals surface area contributed by atoms with Crippen LogP contribution in [0.3, 0.4) is 0 Å². The van der Waals surface area contributed by atoms with Gasteiger partial charge in [-0.15, -0.1) is 0 Å². The van der Waals surface area contributed by atoms with Gasteiger partial charge in [0.2, 0.25) is 0 Å². The summed E-state index contributed by atoms with van der Waals surface area (Å²) in [6.07, 6.45) is 36.2. The fourth-order valence-electron chi connectivity index (χ4n) is 6.66. The molecule has 2 aromatic rings. The zero-order chi connectivity index (χ0) is 50.5. The Morgan fingerprint density at radius 2 is 0.652 bits per heavy atom. The van der Waals surface area contributed by atoms with E-state index >= 15 is 0 Å². The van der Waals surface area contributed by atoms with E-state index in [0.717, 1.165) is 140 Å². The number of hydrogen-bond donors (Lipinski definition) is 0. The summed E-state index contributed by atoms with van der Waals surface area (Å²) >= 11 is 0. The second-order valence-electron chi connectivity index (χ2n) is 16.2. The fourth-order valence-corrected chi connectivity index (χ4v) is 8.04. The van der Waals surface area contributed by atoms with Crippen LogP contribution in [0, 0.1) is 0 Å². The zero-order valence-electron chi connectivity index (χ0n) is 41.3. The molecule has 0 radical (unpaired) electrons. The maximum absolute atomic E-state index is 12.6. The topological polar surface area (TPSA) is 220 Å². The van der Waals surface area contributed by atoms with Gasteiger partial charge in [-0.25, -0.2) is 36.0 Å². The third-order valence-corrected chi connectivity index (χ3v) is 12.2. The van der Waals surface area contributed by atoms with Crippen LogP contribution in [0.25, 0.3) is 0 Å². The van der Waals surface area contributed by atoms with Crippen molar-refractivity contribution in [2.45, 2.75) is 192 Å². The first-order valence-corrected chi connectivity index (χ1v) is 27.1. The second-order valence-corrected chi connectivity index (χ2v) is 18.9. The second kappa shape index (κ2) is 40.0. The Kier molecular flexibility index (Phi) is 37.9. The standard InChI is InChI=1S/2C26H38O7S.Ca/c2*1-3-5-7-9-11-13-15-20-32-25(27)22-18-17-19-23(34(29,30)31)24(22)26(28)33-21-16-14-12-10-8-6-4-2;/h2*15-21H,3-14H2,1-2H3,(H,29,30,31);/q;;+2/p-2/b2*20-15+,21-16+;. The van der Waals surface area contributed by atoms with E-state index in [1.807, 2.05) is 0 Å². The first-order valence-electron chi connectivity index (χ1n) is 24.3. The van der Waals surface area contributed by atoms with E-state index in [-0.39, 0.29) is 48.9 Å². The average Bonchev–Trinajstić information content (AvgIpc) is 3.31. The molecule has 0 aromatic heterocycles. The molecule has 0 N–H and O–H groups in total. The molecular formula is C52H74CaO14S2. The van der Waals surface area contributed by atoms with Crippen molar-refractivity contribution in [3.05, 3.63) is 108 Å². The Labute approximate surface area is 442 Å². The van der Waals surface area contributed by atoms with Crippen LogP contribution in [0.4, 0.5) is 0 Å². The SMILES string of the molecule is CCCCCCC/C=C/OC(=O)c1cccc(S(=O)(=O)[O-])c1C(=O)O/C=C/CCCCCCC.CCCCCCC/C=C/OC(=O)c1cccc(S(=O)(=O)[O-])c1C(=O)O/C=C/CCCCCCC.[Ca+2]. The molecule has 0 aliphatic heterocycles. The summed E-state index contributed by atoms with van der Waals surface area (Å²) in [5.74, 6) is -4.10. The first-order chi connectivity index (χ1) is 32.6. The van der Waals surface area contributed by atoms with E-state index in [1.54, 1.807) is 24.3 Å². The number of ether oxygens (including phenoxy) is 4. The van der Waals surface area contributed by atoms with Gasteiger partial charge < -0.3 is 28.1 Å². The van der Waals surface area contributed by atoms with Gasteiger partial charge in [0.15, 0.2) is 0 Å². The molecule has 0 aliphatic carbocycles. The summed E-state index contributed by atoms with van der Waals surface area (Å²) in [7, 11) is -10.0. The van der Waals surface area contributed by atoms with Crippen LogP contribution in [0.1, 0.15) is 223 Å². The number of allylic oxidation sites excluding steroid dienone is 4. The van der Waals surface area contributed by atoms with E-state index in [1.165, 1.54) is 62.5 Å². The Bertz CT molecular complexity index is 1990. The van der Waals surface area contributed by atoms with Gasteiger partial charge in [0.1, 0.15) is 20.2 Å². The summed E-state index contributed by atoms with van der Waals surface area (Å²) in [6, 6.07) is 6.81.